The molecule has 1 rings (SSSR count). The molecule has 0 radical (unpaired) electrons. The Bertz CT molecular complexity index is 147. The molecule has 0 amide bonds. The van der Waals surface area contributed by atoms with Gasteiger partial charge in [-0.3, -0.25) is 4.90 Å². The summed E-state index contributed by atoms with van der Waals surface area (Å²) in [6.07, 6.45) is 2.24. The third-order valence-electron chi connectivity index (χ3n) is 2.27. The Kier molecular flexibility index (Phi) is 2.66. The van der Waals surface area contributed by atoms with Crippen molar-refractivity contribution < 1.29 is 0 Å². The zero-order valence-electron chi connectivity index (χ0n) is 7.68. The average molecular weight is 171 g/mol. The molecule has 2 heteroatoms. The van der Waals surface area contributed by atoms with Gasteiger partial charge in [-0.2, -0.15) is 0 Å². The second-order valence-electron chi connectivity index (χ2n) is 4.20. The molecule has 0 atom stereocenters. The van der Waals surface area contributed by atoms with E-state index in [1.54, 1.807) is 0 Å². The minimum atomic E-state index is 0.329. The number of rotatable bonds is 0. The molecule has 0 aromatic heterocycles. The summed E-state index contributed by atoms with van der Waals surface area (Å²) < 4.78 is 0. The number of hydrogen-bond acceptors (Lipinski definition) is 2. The number of likely N-dealkylation sites (tertiary alicyclic amines) is 1. The van der Waals surface area contributed by atoms with E-state index in [4.69, 9.17) is 12.2 Å². The van der Waals surface area contributed by atoms with Crippen LogP contribution in [0.3, 0.4) is 0 Å². The van der Waals surface area contributed by atoms with E-state index < -0.39 is 0 Å². The Hall–Kier alpha value is 0.0500. The van der Waals surface area contributed by atoms with Crippen molar-refractivity contribution in [2.75, 3.05) is 13.1 Å². The summed E-state index contributed by atoms with van der Waals surface area (Å²) >= 11 is 5.15. The maximum absolute atomic E-state index is 5.15. The fraction of sp³-hybridized carbons (Fsp3) is 0.889. The van der Waals surface area contributed by atoms with Crippen molar-refractivity contribution >= 4 is 17.1 Å². The van der Waals surface area contributed by atoms with Crippen molar-refractivity contribution in [3.8, 4) is 0 Å². The first kappa shape index (κ1) is 9.14. The smallest absolute Gasteiger partial charge is 0.0125 e. The van der Waals surface area contributed by atoms with E-state index in [0.717, 1.165) is 25.9 Å². The summed E-state index contributed by atoms with van der Waals surface area (Å²) in [5, 5.41) is 0. The van der Waals surface area contributed by atoms with E-state index in [1.165, 1.54) is 4.86 Å². The predicted octanol–water partition coefficient (Wildman–Crippen LogP) is 2.25. The van der Waals surface area contributed by atoms with E-state index >= 15 is 0 Å². The maximum atomic E-state index is 5.15. The van der Waals surface area contributed by atoms with Crippen LogP contribution in [0.2, 0.25) is 0 Å². The van der Waals surface area contributed by atoms with E-state index in [9.17, 15) is 0 Å². The molecule has 0 aromatic carbocycles. The van der Waals surface area contributed by atoms with Crippen molar-refractivity contribution in [2.45, 2.75) is 39.2 Å². The number of piperidine rings is 1. The quantitative estimate of drug-likeness (QED) is 0.514. The Morgan fingerprint density at radius 1 is 1.18 bits per heavy atom. The summed E-state index contributed by atoms with van der Waals surface area (Å²) in [6, 6.07) is 0. The Labute approximate surface area is 74.8 Å². The zero-order chi connectivity index (χ0) is 8.48. The normalized spacial score (nSPS) is 22.3. The van der Waals surface area contributed by atoms with E-state index in [0.29, 0.717) is 5.54 Å². The van der Waals surface area contributed by atoms with Gasteiger partial charge in [-0.25, -0.2) is 0 Å². The Morgan fingerprint density at radius 2 is 1.64 bits per heavy atom. The van der Waals surface area contributed by atoms with Gasteiger partial charge in [-0.1, -0.05) is 12.2 Å². The van der Waals surface area contributed by atoms with E-state index in [-0.39, 0.29) is 0 Å². The molecule has 1 saturated heterocycles. The largest absolute Gasteiger partial charge is 0.298 e. The molecule has 0 spiro atoms. The molecule has 0 unspecified atom stereocenters. The molecule has 11 heavy (non-hydrogen) atoms. The molecule has 0 N–H and O–H groups in total. The van der Waals surface area contributed by atoms with Crippen LogP contribution in [-0.2, 0) is 0 Å². The highest BCUT2D eigenvalue weighted by Gasteiger charge is 2.23. The van der Waals surface area contributed by atoms with Crippen molar-refractivity contribution in [1.82, 2.24) is 4.90 Å². The van der Waals surface area contributed by atoms with Gasteiger partial charge in [-0.05, 0) is 38.5 Å². The van der Waals surface area contributed by atoms with Crippen molar-refractivity contribution in [1.29, 1.82) is 0 Å². The lowest BCUT2D eigenvalue weighted by molar-refractivity contribution is 0.137. The summed E-state index contributed by atoms with van der Waals surface area (Å²) in [4.78, 5) is 3.76. The van der Waals surface area contributed by atoms with Crippen LogP contribution in [0.1, 0.15) is 33.6 Å². The highest BCUT2D eigenvalue weighted by atomic mass is 32.1. The van der Waals surface area contributed by atoms with Gasteiger partial charge in [0, 0.05) is 18.6 Å². The van der Waals surface area contributed by atoms with Crippen molar-refractivity contribution in [3.63, 3.8) is 0 Å². The molecule has 1 aliphatic heterocycles. The van der Waals surface area contributed by atoms with Crippen molar-refractivity contribution in [2.24, 2.45) is 0 Å². The van der Waals surface area contributed by atoms with Crippen LogP contribution in [0.15, 0.2) is 0 Å². The van der Waals surface area contributed by atoms with Gasteiger partial charge >= 0.3 is 0 Å². The molecular formula is C9H17NS. The first-order valence-corrected chi connectivity index (χ1v) is 4.68. The predicted molar refractivity (Wildman–Crippen MR) is 53.2 cm³/mol. The summed E-state index contributed by atoms with van der Waals surface area (Å²) in [6.45, 7) is 9.11. The van der Waals surface area contributed by atoms with Gasteiger partial charge in [0.1, 0.15) is 0 Å². The van der Waals surface area contributed by atoms with Gasteiger partial charge in [0.25, 0.3) is 0 Å². The molecule has 64 valence electrons. The molecule has 0 saturated carbocycles. The van der Waals surface area contributed by atoms with Crippen LogP contribution >= 0.6 is 12.2 Å². The number of thiocarbonyl (C=S) groups is 1. The highest BCUT2D eigenvalue weighted by Crippen LogP contribution is 2.18. The lowest BCUT2D eigenvalue weighted by atomic mass is 10.0. The fourth-order valence-corrected chi connectivity index (χ4v) is 1.61. The van der Waals surface area contributed by atoms with Crippen LogP contribution in [0.25, 0.3) is 0 Å². The summed E-state index contributed by atoms with van der Waals surface area (Å²) in [5.74, 6) is 0. The van der Waals surface area contributed by atoms with Gasteiger partial charge in [0.15, 0.2) is 0 Å². The van der Waals surface area contributed by atoms with Crippen LogP contribution in [-0.4, -0.2) is 28.4 Å². The Balaban J connectivity index is 2.45. The maximum Gasteiger partial charge on any atom is 0.0125 e. The second-order valence-corrected chi connectivity index (χ2v) is 4.77. The van der Waals surface area contributed by atoms with E-state index in [2.05, 4.69) is 25.7 Å². The number of hydrogen-bond donors (Lipinski definition) is 0. The number of nitrogens with zero attached hydrogens (tertiary/aromatic N) is 1. The first-order valence-electron chi connectivity index (χ1n) is 4.27. The van der Waals surface area contributed by atoms with Crippen LogP contribution in [0.4, 0.5) is 0 Å². The average Bonchev–Trinajstić information content (AvgIpc) is 1.86. The second kappa shape index (κ2) is 3.20. The van der Waals surface area contributed by atoms with Gasteiger partial charge in [-0.15, -0.1) is 0 Å². The molecule has 1 heterocycles. The van der Waals surface area contributed by atoms with Gasteiger partial charge < -0.3 is 0 Å². The molecular weight excluding hydrogens is 154 g/mol. The third kappa shape index (κ3) is 2.53. The Morgan fingerprint density at radius 3 is 2.00 bits per heavy atom. The molecule has 1 aliphatic rings. The summed E-state index contributed by atoms with van der Waals surface area (Å²) in [7, 11) is 0. The topological polar surface area (TPSA) is 3.24 Å². The van der Waals surface area contributed by atoms with Gasteiger partial charge in [0.2, 0.25) is 0 Å². The first-order chi connectivity index (χ1) is 5.00. The van der Waals surface area contributed by atoms with Crippen molar-refractivity contribution in [3.05, 3.63) is 0 Å². The SMILES string of the molecule is CC(C)(C)N1CCC(=S)CC1. The third-order valence-corrected chi connectivity index (χ3v) is 2.68. The highest BCUT2D eigenvalue weighted by molar-refractivity contribution is 7.80. The van der Waals surface area contributed by atoms with Crippen LogP contribution < -0.4 is 0 Å². The lowest BCUT2D eigenvalue weighted by Crippen LogP contribution is -2.45. The minimum Gasteiger partial charge on any atom is -0.298 e. The monoisotopic (exact) mass is 171 g/mol. The molecule has 0 aliphatic carbocycles. The minimum absolute atomic E-state index is 0.329. The zero-order valence-corrected chi connectivity index (χ0v) is 8.50. The summed E-state index contributed by atoms with van der Waals surface area (Å²) in [5.41, 5.74) is 0.329. The lowest BCUT2D eigenvalue weighted by Gasteiger charge is -2.38. The fourth-order valence-electron chi connectivity index (χ4n) is 1.43. The van der Waals surface area contributed by atoms with Crippen LogP contribution in [0.5, 0.6) is 0 Å². The van der Waals surface area contributed by atoms with Gasteiger partial charge in [0.05, 0.1) is 0 Å². The van der Waals surface area contributed by atoms with Crippen LogP contribution in [0, 0.1) is 0 Å². The van der Waals surface area contributed by atoms with E-state index in [1.807, 2.05) is 0 Å². The molecule has 1 nitrogen and oxygen atoms in total. The standard InChI is InChI=1S/C9H17NS/c1-9(2,3)10-6-4-8(11)5-7-10/h4-7H2,1-3H3. The molecule has 0 aromatic rings. The molecule has 1 fully saturated rings. The molecule has 0 bridgehead atoms.